The minimum absolute atomic E-state index is 0.311. The van der Waals surface area contributed by atoms with Crippen LogP contribution in [-0.2, 0) is 4.74 Å². The molecule has 0 atom stereocenters. The molecule has 0 saturated carbocycles. The number of hydrogen-bond acceptors (Lipinski definition) is 2. The molecule has 8 heavy (non-hydrogen) atoms. The van der Waals surface area contributed by atoms with Gasteiger partial charge in [-0.15, -0.1) is 0 Å². The Morgan fingerprint density at radius 3 is 2.75 bits per heavy atom. The molecule has 0 aromatic heterocycles. The average molecular weight is 227 g/mol. The van der Waals surface area contributed by atoms with Crippen molar-refractivity contribution in [2.24, 2.45) is 5.73 Å². The van der Waals surface area contributed by atoms with E-state index in [1.54, 1.807) is 0 Å². The Hall–Kier alpha value is 0.390. The summed E-state index contributed by atoms with van der Waals surface area (Å²) in [6.07, 6.45) is 4.00. The van der Waals surface area contributed by atoms with Crippen molar-refractivity contribution in [3.63, 3.8) is 0 Å². The number of ether oxygens (including phenoxy) is 1. The lowest BCUT2D eigenvalue weighted by molar-refractivity contribution is 0.170. The van der Waals surface area contributed by atoms with E-state index in [4.69, 9.17) is 10.5 Å². The summed E-state index contributed by atoms with van der Waals surface area (Å²) in [7, 11) is 0. The van der Waals surface area contributed by atoms with Gasteiger partial charge in [-0.3, -0.25) is 0 Å². The molecule has 0 aromatic carbocycles. The van der Waals surface area contributed by atoms with E-state index in [1.807, 2.05) is 12.2 Å². The Morgan fingerprint density at radius 1 is 1.50 bits per heavy atom. The molecular formula is C5H10INO. The number of nitrogens with two attached hydrogens (primary N) is 1. The topological polar surface area (TPSA) is 35.2 Å². The van der Waals surface area contributed by atoms with Crippen LogP contribution in [0.3, 0.4) is 0 Å². The monoisotopic (exact) mass is 227 g/mol. The van der Waals surface area contributed by atoms with Gasteiger partial charge in [-0.1, -0.05) is 34.7 Å². The predicted octanol–water partition coefficient (Wildman–Crippen LogP) is 0.910. The van der Waals surface area contributed by atoms with Crippen LogP contribution in [0.15, 0.2) is 12.2 Å². The van der Waals surface area contributed by atoms with E-state index in [-0.39, 0.29) is 0 Å². The van der Waals surface area contributed by atoms with Crippen molar-refractivity contribution in [2.75, 3.05) is 17.8 Å². The summed E-state index contributed by atoms with van der Waals surface area (Å²) in [6, 6.07) is 0. The molecule has 0 radical (unpaired) electrons. The van der Waals surface area contributed by atoms with Crippen LogP contribution < -0.4 is 5.73 Å². The third-order valence-corrected chi connectivity index (χ3v) is 1.10. The highest BCUT2D eigenvalue weighted by atomic mass is 127. The second-order valence-corrected chi connectivity index (χ2v) is 2.04. The summed E-state index contributed by atoms with van der Waals surface area (Å²) in [4.78, 5) is 0. The quantitative estimate of drug-likeness (QED) is 0.255. The molecule has 2 N–H and O–H groups in total. The number of hydrogen-bond donors (Lipinski definition) is 1. The van der Waals surface area contributed by atoms with E-state index in [0.717, 1.165) is 4.43 Å². The van der Waals surface area contributed by atoms with Gasteiger partial charge in [0.15, 0.2) is 0 Å². The predicted molar refractivity (Wildman–Crippen MR) is 43.0 cm³/mol. The largest absolute Gasteiger partial charge is 0.362 e. The molecule has 0 aromatic rings. The van der Waals surface area contributed by atoms with Crippen molar-refractivity contribution >= 4 is 22.6 Å². The van der Waals surface area contributed by atoms with Crippen molar-refractivity contribution in [2.45, 2.75) is 0 Å². The molecule has 0 aliphatic rings. The molecule has 0 aliphatic heterocycles. The third kappa shape index (κ3) is 6.39. The normalized spacial score (nSPS) is 10.8. The second-order valence-electron chi connectivity index (χ2n) is 1.16. The molecule has 0 heterocycles. The first-order valence-electron chi connectivity index (χ1n) is 2.40. The zero-order valence-electron chi connectivity index (χ0n) is 4.64. The highest BCUT2D eigenvalue weighted by Crippen LogP contribution is 1.82. The molecule has 0 spiro atoms. The van der Waals surface area contributed by atoms with Gasteiger partial charge in [-0.05, 0) is 0 Å². The van der Waals surface area contributed by atoms with Crippen LogP contribution in [-0.4, -0.2) is 17.8 Å². The van der Waals surface area contributed by atoms with Gasteiger partial charge in [-0.2, -0.15) is 0 Å². The fourth-order valence-electron chi connectivity index (χ4n) is 0.267. The van der Waals surface area contributed by atoms with Gasteiger partial charge in [0, 0.05) is 4.43 Å². The fourth-order valence-corrected chi connectivity index (χ4v) is 0.627. The van der Waals surface area contributed by atoms with Gasteiger partial charge >= 0.3 is 0 Å². The molecule has 48 valence electrons. The molecule has 0 fully saturated rings. The Bertz CT molecular complexity index is 65.4. The minimum Gasteiger partial charge on any atom is -0.362 e. The lowest BCUT2D eigenvalue weighted by Crippen LogP contribution is -2.03. The highest BCUT2D eigenvalue weighted by molar-refractivity contribution is 14.1. The van der Waals surface area contributed by atoms with Crippen molar-refractivity contribution in [3.05, 3.63) is 12.2 Å². The Labute approximate surface area is 63.2 Å². The van der Waals surface area contributed by atoms with Crippen LogP contribution in [0.25, 0.3) is 0 Å². The van der Waals surface area contributed by atoms with Crippen LogP contribution in [0.4, 0.5) is 0 Å². The second kappa shape index (κ2) is 7.39. The number of halogens is 1. The minimum atomic E-state index is 0.311. The number of alkyl halides is 1. The van der Waals surface area contributed by atoms with Crippen LogP contribution in [0, 0.1) is 0 Å². The number of allylic oxidation sites excluding steroid dienone is 1. The van der Waals surface area contributed by atoms with Crippen LogP contribution in [0.2, 0.25) is 0 Å². The van der Waals surface area contributed by atoms with Crippen molar-refractivity contribution in [1.82, 2.24) is 0 Å². The standard InChI is InChI=1S/C5H10INO/c6-3-1-2-4-8-5-7/h1-2H,3-5,7H2/b2-1+. The lowest BCUT2D eigenvalue weighted by atomic mass is 10.6. The zero-order chi connectivity index (χ0) is 6.24. The summed E-state index contributed by atoms with van der Waals surface area (Å²) in [5, 5.41) is 0. The van der Waals surface area contributed by atoms with Crippen LogP contribution in [0.5, 0.6) is 0 Å². The molecular weight excluding hydrogens is 217 g/mol. The molecule has 0 rings (SSSR count). The molecule has 3 heteroatoms. The lowest BCUT2D eigenvalue weighted by Gasteiger charge is -1.90. The van der Waals surface area contributed by atoms with E-state index in [1.165, 1.54) is 0 Å². The van der Waals surface area contributed by atoms with E-state index < -0.39 is 0 Å². The van der Waals surface area contributed by atoms with E-state index in [2.05, 4.69) is 22.6 Å². The molecule has 0 amide bonds. The third-order valence-electron chi connectivity index (χ3n) is 0.588. The molecule has 0 aliphatic carbocycles. The first kappa shape index (κ1) is 8.39. The van der Waals surface area contributed by atoms with Gasteiger partial charge in [0.2, 0.25) is 0 Å². The summed E-state index contributed by atoms with van der Waals surface area (Å²) in [6.45, 7) is 0.949. The summed E-state index contributed by atoms with van der Waals surface area (Å²) in [5.41, 5.74) is 5.05. The first-order valence-corrected chi connectivity index (χ1v) is 3.93. The van der Waals surface area contributed by atoms with Crippen molar-refractivity contribution in [1.29, 1.82) is 0 Å². The van der Waals surface area contributed by atoms with E-state index in [0.29, 0.717) is 13.3 Å². The van der Waals surface area contributed by atoms with Crippen molar-refractivity contribution < 1.29 is 4.74 Å². The van der Waals surface area contributed by atoms with E-state index in [9.17, 15) is 0 Å². The highest BCUT2D eigenvalue weighted by Gasteiger charge is 1.72. The molecule has 0 bridgehead atoms. The van der Waals surface area contributed by atoms with Gasteiger partial charge in [0.25, 0.3) is 0 Å². The Morgan fingerprint density at radius 2 is 2.25 bits per heavy atom. The van der Waals surface area contributed by atoms with Crippen molar-refractivity contribution in [3.8, 4) is 0 Å². The maximum absolute atomic E-state index is 5.05. The number of rotatable bonds is 4. The SMILES string of the molecule is NCOC/C=C/CI. The van der Waals surface area contributed by atoms with Gasteiger partial charge in [-0.25, -0.2) is 0 Å². The first-order chi connectivity index (χ1) is 3.91. The summed E-state index contributed by atoms with van der Waals surface area (Å²) >= 11 is 2.27. The van der Waals surface area contributed by atoms with Gasteiger partial charge in [0.05, 0.1) is 13.3 Å². The van der Waals surface area contributed by atoms with Crippen LogP contribution in [0.1, 0.15) is 0 Å². The van der Waals surface area contributed by atoms with Crippen LogP contribution >= 0.6 is 22.6 Å². The summed E-state index contributed by atoms with van der Waals surface area (Å²) in [5.74, 6) is 0. The maximum atomic E-state index is 5.05. The maximum Gasteiger partial charge on any atom is 0.0944 e. The van der Waals surface area contributed by atoms with Gasteiger partial charge < -0.3 is 10.5 Å². The molecule has 0 unspecified atom stereocenters. The summed E-state index contributed by atoms with van der Waals surface area (Å²) < 4.78 is 5.86. The molecule has 2 nitrogen and oxygen atoms in total. The van der Waals surface area contributed by atoms with E-state index >= 15 is 0 Å². The molecule has 0 saturated heterocycles. The fraction of sp³-hybridized carbons (Fsp3) is 0.600. The Kier molecular flexibility index (Phi) is 7.75. The zero-order valence-corrected chi connectivity index (χ0v) is 6.80. The average Bonchev–Trinajstić information content (AvgIpc) is 1.81. The van der Waals surface area contributed by atoms with Gasteiger partial charge in [0.1, 0.15) is 0 Å². The Balaban J connectivity index is 2.80. The smallest absolute Gasteiger partial charge is 0.0944 e.